The Labute approximate surface area is 456 Å². The number of carbonyl (C=O) groups excluding carboxylic acids is 2. The number of carboxylic acid groups (broad SMARTS) is 2. The van der Waals surface area contributed by atoms with Gasteiger partial charge in [-0.2, -0.15) is 0 Å². The van der Waals surface area contributed by atoms with E-state index in [9.17, 15) is 38.2 Å². The van der Waals surface area contributed by atoms with Crippen LogP contribution in [-0.4, -0.2) is 165 Å². The van der Waals surface area contributed by atoms with Crippen molar-refractivity contribution in [2.45, 2.75) is 77.3 Å². The molecule has 6 aliphatic rings. The van der Waals surface area contributed by atoms with Crippen molar-refractivity contribution < 1.29 is 67.3 Å². The number of benzene rings is 2. The van der Waals surface area contributed by atoms with Gasteiger partial charge in [0.25, 0.3) is 24.1 Å². The van der Waals surface area contributed by atoms with E-state index in [0.717, 1.165) is 85.4 Å². The first kappa shape index (κ1) is 57.0. The van der Waals surface area contributed by atoms with Crippen LogP contribution in [0.3, 0.4) is 0 Å². The van der Waals surface area contributed by atoms with Gasteiger partial charge in [0, 0.05) is 111 Å². The Morgan fingerprint density at radius 3 is 1.26 bits per heavy atom. The number of hydrogen-bond acceptors (Lipinski definition) is 18. The fourth-order valence-electron chi connectivity index (χ4n) is 11.5. The van der Waals surface area contributed by atoms with E-state index in [2.05, 4.69) is 33.7 Å². The highest BCUT2D eigenvalue weighted by Crippen LogP contribution is 2.44. The Bertz CT molecular complexity index is 3360. The topological polar surface area (TPSA) is 269 Å². The van der Waals surface area contributed by atoms with Crippen LogP contribution in [0.1, 0.15) is 71.2 Å². The quantitative estimate of drug-likeness (QED) is 0.126. The number of rotatable bonds is 8. The molecule has 0 radical (unpaired) electrons. The molecule has 10 heterocycles. The molecule has 2 atom stereocenters. The number of methoxy groups -OCH3 is 2. The third-order valence-electron chi connectivity index (χ3n) is 16.1. The normalized spacial score (nSPS) is 20.2. The van der Waals surface area contributed by atoms with Crippen molar-refractivity contribution in [2.24, 2.45) is 0 Å². The third-order valence-corrected chi connectivity index (χ3v) is 16.1. The summed E-state index contributed by atoms with van der Waals surface area (Å²) in [4.78, 5) is 87.8. The first-order valence-corrected chi connectivity index (χ1v) is 26.0. The molecule has 0 bridgehead atoms. The van der Waals surface area contributed by atoms with E-state index in [4.69, 9.17) is 48.7 Å². The number of ether oxygens (including phenoxy) is 4. The van der Waals surface area contributed by atoms with Crippen molar-refractivity contribution in [1.82, 2.24) is 38.7 Å². The molecule has 0 unspecified atom stereocenters. The highest BCUT2D eigenvalue weighted by Gasteiger charge is 2.47. The molecule has 4 aromatic heterocycles. The summed E-state index contributed by atoms with van der Waals surface area (Å²) in [6.07, 6.45) is 0.138. The van der Waals surface area contributed by atoms with E-state index in [1.807, 2.05) is 0 Å². The lowest BCUT2D eigenvalue weighted by atomic mass is 9.86. The van der Waals surface area contributed by atoms with Crippen LogP contribution in [0.5, 0.6) is 11.5 Å². The number of fused-ring (bicyclic) bond motifs is 10. The number of esters is 2. The van der Waals surface area contributed by atoms with Crippen LogP contribution in [0.15, 0.2) is 46.0 Å². The van der Waals surface area contributed by atoms with Gasteiger partial charge >= 0.3 is 11.9 Å². The van der Waals surface area contributed by atoms with E-state index in [0.29, 0.717) is 60.0 Å². The molecular formula is C56H62F2N8O14. The number of likely N-dealkylation sites (N-methyl/N-ethyl adjacent to an activating group) is 2. The van der Waals surface area contributed by atoms with Crippen LogP contribution >= 0.6 is 0 Å². The maximum atomic E-state index is 14.8. The SMILES string of the molecule is CC[C@@]1(O)C(=O)OCc2c1cc1n(c2=O)Cc2c-1nc1cc(F)c(OC)cc1c2CN1CCN(C)CC1.CC[C@@]1(O)C(=O)OCc2c1cc1n(c2=O)Cc2c-1nc1cc(F)c(OC)cc1c2CN1CCN(C)CC1.O=CO.O=CO. The number of hydrogen-bond donors (Lipinski definition) is 4. The molecule has 2 fully saturated rings. The zero-order valence-electron chi connectivity index (χ0n) is 45.1. The third kappa shape index (κ3) is 9.93. The lowest BCUT2D eigenvalue weighted by Gasteiger charge is -2.33. The van der Waals surface area contributed by atoms with Crippen LogP contribution in [0.4, 0.5) is 8.78 Å². The maximum absolute atomic E-state index is 14.8. The van der Waals surface area contributed by atoms with Gasteiger partial charge in [-0.3, -0.25) is 29.0 Å². The standard InChI is InChI=1S/2C27H29FN4O5.2CH2O2/c2*1-4-27(35)19-10-22-24-17(13-32(22)25(33)18(19)14-37-26(27)34)16(12-31-7-5-30(2)6-8-31)15-9-23(36-3)20(28)11-21(15)29-24;2*2-1-3/h2*9-11,35H,4-8,12-14H2,1-3H3;2*1H,(H,2,3)/t2*27-;;/m00../s1. The maximum Gasteiger partial charge on any atom is 0.343 e. The summed E-state index contributed by atoms with van der Waals surface area (Å²) in [5.74, 6) is -2.28. The number of piperazine rings is 2. The minimum Gasteiger partial charge on any atom is -0.494 e. The summed E-state index contributed by atoms with van der Waals surface area (Å²) in [6.45, 7) is 11.6. The number of carbonyl (C=O) groups is 4. The highest BCUT2D eigenvalue weighted by molar-refractivity contribution is 5.92. The van der Waals surface area contributed by atoms with Crippen molar-refractivity contribution in [3.8, 4) is 34.3 Å². The van der Waals surface area contributed by atoms with Gasteiger partial charge in [-0.25, -0.2) is 28.3 Å². The van der Waals surface area contributed by atoms with E-state index < -0.39 is 34.8 Å². The highest BCUT2D eigenvalue weighted by atomic mass is 19.1. The Morgan fingerprint density at radius 1 is 0.588 bits per heavy atom. The number of nitrogens with zero attached hydrogens (tertiary/aromatic N) is 8. The van der Waals surface area contributed by atoms with E-state index in [1.165, 1.54) is 26.4 Å². The van der Waals surface area contributed by atoms with Crippen LogP contribution in [0, 0.1) is 11.6 Å². The van der Waals surface area contributed by atoms with Crippen LogP contribution in [-0.2, 0) is 79.2 Å². The number of aliphatic hydroxyl groups is 2. The van der Waals surface area contributed by atoms with Gasteiger partial charge in [-0.05, 0) is 62.3 Å². The van der Waals surface area contributed by atoms with Gasteiger partial charge in [-0.1, -0.05) is 13.8 Å². The molecule has 24 heteroatoms. The van der Waals surface area contributed by atoms with Crippen LogP contribution in [0.2, 0.25) is 0 Å². The summed E-state index contributed by atoms with van der Waals surface area (Å²) < 4.78 is 53.7. The van der Waals surface area contributed by atoms with Crippen molar-refractivity contribution in [2.75, 3.05) is 80.7 Å². The van der Waals surface area contributed by atoms with E-state index in [-0.39, 0.29) is 83.9 Å². The predicted molar refractivity (Wildman–Crippen MR) is 285 cm³/mol. The summed E-state index contributed by atoms with van der Waals surface area (Å²) in [5.41, 5.74) is 3.44. The number of pyridine rings is 4. The Morgan fingerprint density at radius 2 is 0.938 bits per heavy atom. The average molecular weight is 1110 g/mol. The number of cyclic esters (lactones) is 2. The second-order valence-electron chi connectivity index (χ2n) is 20.4. The Hall–Kier alpha value is -7.74. The molecule has 2 aromatic carbocycles. The van der Waals surface area contributed by atoms with Crippen molar-refractivity contribution >= 4 is 46.7 Å². The molecule has 12 rings (SSSR count). The average Bonchev–Trinajstić information content (AvgIpc) is 4.19. The molecule has 80 heavy (non-hydrogen) atoms. The second kappa shape index (κ2) is 22.8. The Balaban J connectivity index is 0.000000176. The molecule has 4 N–H and O–H groups in total. The van der Waals surface area contributed by atoms with Gasteiger partial charge in [0.15, 0.2) is 34.3 Å². The first-order valence-electron chi connectivity index (χ1n) is 26.0. The minimum absolute atomic E-state index is 0.0688. The fourth-order valence-corrected chi connectivity index (χ4v) is 11.5. The van der Waals surface area contributed by atoms with E-state index >= 15 is 0 Å². The number of halogens is 2. The van der Waals surface area contributed by atoms with Gasteiger partial charge in [0.2, 0.25) is 0 Å². The molecule has 424 valence electrons. The summed E-state index contributed by atoms with van der Waals surface area (Å²) >= 11 is 0. The lowest BCUT2D eigenvalue weighted by molar-refractivity contribution is -0.172. The molecule has 2 saturated heterocycles. The molecule has 6 aliphatic heterocycles. The zero-order valence-corrected chi connectivity index (χ0v) is 45.1. The predicted octanol–water partition coefficient (Wildman–Crippen LogP) is 3.35. The smallest absolute Gasteiger partial charge is 0.343 e. The Kier molecular flexibility index (Phi) is 16.2. The van der Waals surface area contributed by atoms with Crippen LogP contribution in [0.25, 0.3) is 44.6 Å². The molecule has 0 spiro atoms. The monoisotopic (exact) mass is 1110 g/mol. The van der Waals surface area contributed by atoms with Crippen molar-refractivity contribution in [1.29, 1.82) is 0 Å². The molecule has 0 aliphatic carbocycles. The van der Waals surface area contributed by atoms with Crippen molar-refractivity contribution in [3.05, 3.63) is 113 Å². The van der Waals surface area contributed by atoms with Gasteiger partial charge in [-0.15, -0.1) is 0 Å². The molecule has 0 amide bonds. The lowest BCUT2D eigenvalue weighted by Crippen LogP contribution is -2.44. The molecule has 22 nitrogen and oxygen atoms in total. The zero-order chi connectivity index (χ0) is 57.5. The van der Waals surface area contributed by atoms with Gasteiger partial charge in [0.05, 0.1) is 72.2 Å². The summed E-state index contributed by atoms with van der Waals surface area (Å²) in [5, 5.41) is 37.6. The largest absolute Gasteiger partial charge is 0.494 e. The molecular weight excluding hydrogens is 1050 g/mol. The van der Waals surface area contributed by atoms with Crippen molar-refractivity contribution in [3.63, 3.8) is 0 Å². The molecule has 0 saturated carbocycles. The van der Waals surface area contributed by atoms with Gasteiger partial charge in [0.1, 0.15) is 13.2 Å². The van der Waals surface area contributed by atoms with Gasteiger partial charge < -0.3 is 58.3 Å². The van der Waals surface area contributed by atoms with Crippen LogP contribution < -0.4 is 20.6 Å². The summed E-state index contributed by atoms with van der Waals surface area (Å²) in [6, 6.07) is 9.46. The number of aromatic nitrogens is 4. The summed E-state index contributed by atoms with van der Waals surface area (Å²) in [7, 11) is 7.06. The first-order chi connectivity index (χ1) is 38.3. The minimum atomic E-state index is -1.90. The second-order valence-corrected chi connectivity index (χ2v) is 20.4. The fraction of sp³-hybridized carbons (Fsp3) is 0.429. The van der Waals surface area contributed by atoms with E-state index in [1.54, 1.807) is 47.2 Å². The molecule has 6 aromatic rings.